The number of benzene rings is 1. The number of thioether (sulfide) groups is 1. The average molecular weight is 241 g/mol. The van der Waals surface area contributed by atoms with Crippen LogP contribution in [0.1, 0.15) is 5.56 Å². The Labute approximate surface area is 99.1 Å². The molecule has 4 nitrogen and oxygen atoms in total. The second-order valence-corrected chi connectivity index (χ2v) is 4.09. The molecule has 1 atom stereocenters. The lowest BCUT2D eigenvalue weighted by molar-refractivity contribution is -0.144. The number of rotatable bonds is 5. The molecule has 1 aromatic rings. The van der Waals surface area contributed by atoms with Gasteiger partial charge in [-0.2, -0.15) is 0 Å². The van der Waals surface area contributed by atoms with Crippen LogP contribution < -0.4 is 10.5 Å². The van der Waals surface area contributed by atoms with Crippen LogP contribution >= 0.6 is 11.8 Å². The second kappa shape index (κ2) is 6.40. The van der Waals surface area contributed by atoms with E-state index in [0.717, 1.165) is 11.3 Å². The Morgan fingerprint density at radius 1 is 1.44 bits per heavy atom. The van der Waals surface area contributed by atoms with Crippen molar-refractivity contribution in [2.75, 3.05) is 13.4 Å². The number of carbonyl (C=O) groups is 1. The highest BCUT2D eigenvalue weighted by molar-refractivity contribution is 7.99. The first kappa shape index (κ1) is 12.9. The average Bonchev–Trinajstić information content (AvgIpc) is 2.35. The van der Waals surface area contributed by atoms with E-state index in [4.69, 9.17) is 15.2 Å². The molecule has 0 heterocycles. The van der Waals surface area contributed by atoms with Crippen molar-refractivity contribution in [1.82, 2.24) is 0 Å². The fraction of sp³-hybridized carbons (Fsp3) is 0.364. The zero-order valence-corrected chi connectivity index (χ0v) is 10.1. The smallest absolute Gasteiger partial charge is 0.333 e. The van der Waals surface area contributed by atoms with Gasteiger partial charge in [-0.15, -0.1) is 11.8 Å². The van der Waals surface area contributed by atoms with Crippen LogP contribution in [0.2, 0.25) is 0 Å². The van der Waals surface area contributed by atoms with E-state index in [1.165, 1.54) is 11.8 Å². The fourth-order valence-electron chi connectivity index (χ4n) is 1.05. The lowest BCUT2D eigenvalue weighted by Gasteiger charge is -2.09. The predicted octanol–water partition coefficient (Wildman–Crippen LogP) is 1.39. The standard InChI is InChI=1S/C11H15NO3S/c1-14-9-5-3-8(4-6-9)7-15-11(13)10(12)16-2/h3-6,10H,7,12H2,1-2H3. The van der Waals surface area contributed by atoms with Crippen LogP contribution in [0.4, 0.5) is 0 Å². The summed E-state index contributed by atoms with van der Waals surface area (Å²) in [7, 11) is 1.60. The number of ether oxygens (including phenoxy) is 2. The molecule has 0 bridgehead atoms. The zero-order chi connectivity index (χ0) is 12.0. The summed E-state index contributed by atoms with van der Waals surface area (Å²) in [6, 6.07) is 7.32. The molecule has 0 amide bonds. The summed E-state index contributed by atoms with van der Waals surface area (Å²) < 4.78 is 10.0. The van der Waals surface area contributed by atoms with E-state index >= 15 is 0 Å². The molecule has 0 saturated carbocycles. The Morgan fingerprint density at radius 2 is 2.06 bits per heavy atom. The van der Waals surface area contributed by atoms with Gasteiger partial charge in [0.15, 0.2) is 0 Å². The number of methoxy groups -OCH3 is 1. The molecular formula is C11H15NO3S. The minimum absolute atomic E-state index is 0.233. The van der Waals surface area contributed by atoms with E-state index in [-0.39, 0.29) is 6.61 Å². The molecule has 16 heavy (non-hydrogen) atoms. The molecule has 0 saturated heterocycles. The maximum absolute atomic E-state index is 11.3. The van der Waals surface area contributed by atoms with E-state index in [2.05, 4.69) is 0 Å². The maximum Gasteiger partial charge on any atom is 0.333 e. The molecule has 0 aromatic heterocycles. The molecule has 0 radical (unpaired) electrons. The monoisotopic (exact) mass is 241 g/mol. The third-order valence-electron chi connectivity index (χ3n) is 2.03. The van der Waals surface area contributed by atoms with Gasteiger partial charge in [-0.1, -0.05) is 12.1 Å². The summed E-state index contributed by atoms with van der Waals surface area (Å²) in [6.07, 6.45) is 1.76. The van der Waals surface area contributed by atoms with Gasteiger partial charge >= 0.3 is 5.97 Å². The second-order valence-electron chi connectivity index (χ2n) is 3.11. The lowest BCUT2D eigenvalue weighted by Crippen LogP contribution is -2.28. The van der Waals surface area contributed by atoms with Gasteiger partial charge < -0.3 is 15.2 Å². The molecular weight excluding hydrogens is 226 g/mol. The third kappa shape index (κ3) is 3.75. The molecule has 0 fully saturated rings. The first-order chi connectivity index (χ1) is 7.67. The molecule has 1 unspecified atom stereocenters. The minimum Gasteiger partial charge on any atom is -0.497 e. The molecule has 2 N–H and O–H groups in total. The number of hydrogen-bond acceptors (Lipinski definition) is 5. The maximum atomic E-state index is 11.3. The van der Waals surface area contributed by atoms with Crippen molar-refractivity contribution < 1.29 is 14.3 Å². The Balaban J connectivity index is 2.45. The first-order valence-corrected chi connectivity index (χ1v) is 6.04. The molecule has 1 rings (SSSR count). The van der Waals surface area contributed by atoms with E-state index < -0.39 is 11.3 Å². The Bertz CT molecular complexity index is 340. The fourth-order valence-corrected chi connectivity index (χ4v) is 1.32. The van der Waals surface area contributed by atoms with Crippen molar-refractivity contribution in [3.05, 3.63) is 29.8 Å². The molecule has 5 heteroatoms. The minimum atomic E-state index is -0.613. The number of hydrogen-bond donors (Lipinski definition) is 1. The molecule has 88 valence electrons. The van der Waals surface area contributed by atoms with Crippen molar-refractivity contribution in [1.29, 1.82) is 0 Å². The Morgan fingerprint density at radius 3 is 2.56 bits per heavy atom. The van der Waals surface area contributed by atoms with Gasteiger partial charge in [-0.05, 0) is 24.0 Å². The van der Waals surface area contributed by atoms with Crippen LogP contribution in [-0.4, -0.2) is 24.7 Å². The van der Waals surface area contributed by atoms with Crippen LogP contribution in [-0.2, 0) is 16.1 Å². The van der Waals surface area contributed by atoms with E-state index in [1.54, 1.807) is 13.4 Å². The summed E-state index contributed by atoms with van der Waals surface area (Å²) in [4.78, 5) is 11.3. The van der Waals surface area contributed by atoms with Crippen molar-refractivity contribution in [2.45, 2.75) is 12.0 Å². The van der Waals surface area contributed by atoms with Gasteiger partial charge in [0, 0.05) is 0 Å². The number of carbonyl (C=O) groups excluding carboxylic acids is 1. The molecule has 0 aliphatic rings. The molecule has 0 aliphatic heterocycles. The van der Waals surface area contributed by atoms with Crippen LogP contribution in [0.5, 0.6) is 5.75 Å². The van der Waals surface area contributed by atoms with Gasteiger partial charge in [0.05, 0.1) is 7.11 Å². The Hall–Kier alpha value is -1.20. The van der Waals surface area contributed by atoms with Crippen molar-refractivity contribution in [3.63, 3.8) is 0 Å². The van der Waals surface area contributed by atoms with Crippen molar-refractivity contribution >= 4 is 17.7 Å². The van der Waals surface area contributed by atoms with Crippen molar-refractivity contribution in [3.8, 4) is 5.75 Å². The summed E-state index contributed by atoms with van der Waals surface area (Å²) in [6.45, 7) is 0.233. The van der Waals surface area contributed by atoms with E-state index in [0.29, 0.717) is 0 Å². The van der Waals surface area contributed by atoms with Gasteiger partial charge in [-0.3, -0.25) is 0 Å². The highest BCUT2D eigenvalue weighted by Crippen LogP contribution is 2.12. The number of esters is 1. The lowest BCUT2D eigenvalue weighted by atomic mass is 10.2. The normalized spacial score (nSPS) is 11.9. The van der Waals surface area contributed by atoms with Gasteiger partial charge in [-0.25, -0.2) is 4.79 Å². The number of nitrogens with two attached hydrogens (primary N) is 1. The van der Waals surface area contributed by atoms with E-state index in [9.17, 15) is 4.79 Å². The van der Waals surface area contributed by atoms with Crippen LogP contribution in [0.15, 0.2) is 24.3 Å². The third-order valence-corrected chi connectivity index (χ3v) is 2.73. The van der Waals surface area contributed by atoms with Crippen LogP contribution in [0, 0.1) is 0 Å². The van der Waals surface area contributed by atoms with Gasteiger partial charge in [0.2, 0.25) is 0 Å². The quantitative estimate of drug-likeness (QED) is 0.623. The zero-order valence-electron chi connectivity index (χ0n) is 9.30. The predicted molar refractivity (Wildman–Crippen MR) is 64.3 cm³/mol. The van der Waals surface area contributed by atoms with Gasteiger partial charge in [0.1, 0.15) is 17.7 Å². The highest BCUT2D eigenvalue weighted by atomic mass is 32.2. The molecule has 0 aliphatic carbocycles. The van der Waals surface area contributed by atoms with Gasteiger partial charge in [0.25, 0.3) is 0 Å². The van der Waals surface area contributed by atoms with Crippen molar-refractivity contribution in [2.24, 2.45) is 5.73 Å². The highest BCUT2D eigenvalue weighted by Gasteiger charge is 2.12. The largest absolute Gasteiger partial charge is 0.497 e. The van der Waals surface area contributed by atoms with Crippen LogP contribution in [0.3, 0.4) is 0 Å². The summed E-state index contributed by atoms with van der Waals surface area (Å²) >= 11 is 1.26. The Kier molecular flexibility index (Phi) is 5.14. The van der Waals surface area contributed by atoms with Crippen LogP contribution in [0.25, 0.3) is 0 Å². The summed E-state index contributed by atoms with van der Waals surface area (Å²) in [5.41, 5.74) is 6.40. The topological polar surface area (TPSA) is 61.5 Å². The van der Waals surface area contributed by atoms with E-state index in [1.807, 2.05) is 24.3 Å². The first-order valence-electron chi connectivity index (χ1n) is 4.75. The molecule has 0 spiro atoms. The summed E-state index contributed by atoms with van der Waals surface area (Å²) in [5, 5.41) is -0.613. The molecule has 1 aromatic carbocycles. The SMILES string of the molecule is COc1ccc(COC(=O)C(N)SC)cc1. The summed E-state index contributed by atoms with van der Waals surface area (Å²) in [5.74, 6) is 0.374.